The number of rotatable bonds is 3. The number of Topliss-reactive ketones (excluding diaryl/α,β-unsaturated/α-hetero) is 1. The molecule has 1 saturated heterocycles. The summed E-state index contributed by atoms with van der Waals surface area (Å²) in [6.07, 6.45) is 4.44. The van der Waals surface area contributed by atoms with Gasteiger partial charge in [-0.05, 0) is 26.9 Å². The van der Waals surface area contributed by atoms with Crippen molar-refractivity contribution in [3.63, 3.8) is 0 Å². The van der Waals surface area contributed by atoms with Crippen LogP contribution in [-0.2, 0) is 11.2 Å². The molecular formula is C15H24N4O2. The van der Waals surface area contributed by atoms with Crippen molar-refractivity contribution in [1.82, 2.24) is 19.9 Å². The van der Waals surface area contributed by atoms with Crippen molar-refractivity contribution in [3.05, 3.63) is 11.7 Å². The number of carbonyl (C=O) groups is 1. The van der Waals surface area contributed by atoms with Gasteiger partial charge in [-0.3, -0.25) is 9.69 Å². The predicted molar refractivity (Wildman–Crippen MR) is 77.8 cm³/mol. The number of piperazine rings is 1. The van der Waals surface area contributed by atoms with Crippen molar-refractivity contribution >= 4 is 5.78 Å². The molecule has 0 radical (unpaired) electrons. The summed E-state index contributed by atoms with van der Waals surface area (Å²) in [7, 11) is 4.21. The van der Waals surface area contributed by atoms with Crippen molar-refractivity contribution < 1.29 is 9.32 Å². The fourth-order valence-corrected chi connectivity index (χ4v) is 3.26. The molecule has 1 aromatic rings. The molecule has 21 heavy (non-hydrogen) atoms. The molecule has 0 N–H and O–H groups in total. The van der Waals surface area contributed by atoms with Crippen molar-refractivity contribution in [2.24, 2.45) is 5.92 Å². The van der Waals surface area contributed by atoms with Crippen LogP contribution in [0.4, 0.5) is 0 Å². The summed E-state index contributed by atoms with van der Waals surface area (Å²) >= 11 is 0. The van der Waals surface area contributed by atoms with E-state index in [1.807, 2.05) is 0 Å². The number of hydrogen-bond acceptors (Lipinski definition) is 6. The lowest BCUT2D eigenvalue weighted by Gasteiger charge is -2.35. The molecule has 2 atom stereocenters. The van der Waals surface area contributed by atoms with E-state index in [1.54, 1.807) is 0 Å². The van der Waals surface area contributed by atoms with Crippen LogP contribution in [0.5, 0.6) is 0 Å². The second-order valence-corrected chi connectivity index (χ2v) is 6.42. The fraction of sp³-hybridized carbons (Fsp3) is 0.800. The van der Waals surface area contributed by atoms with Crippen LogP contribution in [0.15, 0.2) is 4.52 Å². The lowest BCUT2D eigenvalue weighted by molar-refractivity contribution is -0.124. The van der Waals surface area contributed by atoms with Crippen molar-refractivity contribution in [3.8, 4) is 0 Å². The van der Waals surface area contributed by atoms with E-state index in [-0.39, 0.29) is 12.0 Å². The first-order valence-electron chi connectivity index (χ1n) is 7.87. The lowest BCUT2D eigenvalue weighted by Crippen LogP contribution is -2.45. The molecule has 1 aromatic heterocycles. The number of hydrogen-bond donors (Lipinski definition) is 0. The molecule has 2 heterocycles. The van der Waals surface area contributed by atoms with Gasteiger partial charge in [-0.15, -0.1) is 0 Å². The van der Waals surface area contributed by atoms with Crippen LogP contribution in [0.25, 0.3) is 0 Å². The average molecular weight is 292 g/mol. The van der Waals surface area contributed by atoms with E-state index in [4.69, 9.17) is 4.52 Å². The monoisotopic (exact) mass is 292 g/mol. The zero-order chi connectivity index (χ0) is 14.8. The first-order chi connectivity index (χ1) is 10.1. The maximum absolute atomic E-state index is 11.9. The molecule has 0 spiro atoms. The van der Waals surface area contributed by atoms with Gasteiger partial charge in [0.25, 0.3) is 0 Å². The van der Waals surface area contributed by atoms with Gasteiger partial charge in [-0.2, -0.15) is 4.98 Å². The maximum atomic E-state index is 11.9. The Kier molecular flexibility index (Phi) is 4.35. The molecule has 1 saturated carbocycles. The molecule has 2 fully saturated rings. The van der Waals surface area contributed by atoms with Crippen molar-refractivity contribution in [2.45, 2.75) is 38.1 Å². The van der Waals surface area contributed by atoms with E-state index in [2.05, 4.69) is 34.0 Å². The zero-order valence-electron chi connectivity index (χ0n) is 12.9. The largest absolute Gasteiger partial charge is 0.339 e. The van der Waals surface area contributed by atoms with Crippen LogP contribution < -0.4 is 0 Å². The molecule has 0 aromatic carbocycles. The Bertz CT molecular complexity index is 502. The van der Waals surface area contributed by atoms with Crippen LogP contribution >= 0.6 is 0 Å². The highest BCUT2D eigenvalue weighted by atomic mass is 16.5. The molecule has 2 unspecified atom stereocenters. The Morgan fingerprint density at radius 1 is 1.29 bits per heavy atom. The molecule has 6 nitrogen and oxygen atoms in total. The standard InChI is InChI=1S/C15H24N4O2/c1-18-7-8-19(2)12(10-18)15-16-14(21-17-15)9-11-5-3-4-6-13(11)20/h11-12H,3-10H2,1-2H3. The van der Waals surface area contributed by atoms with Gasteiger partial charge in [0, 0.05) is 38.4 Å². The highest BCUT2D eigenvalue weighted by Crippen LogP contribution is 2.25. The normalized spacial score (nSPS) is 29.0. The van der Waals surface area contributed by atoms with Gasteiger partial charge >= 0.3 is 0 Å². The Balaban J connectivity index is 1.66. The van der Waals surface area contributed by atoms with Crippen molar-refractivity contribution in [1.29, 1.82) is 0 Å². The van der Waals surface area contributed by atoms with E-state index in [9.17, 15) is 4.79 Å². The van der Waals surface area contributed by atoms with E-state index in [0.717, 1.165) is 44.7 Å². The number of likely N-dealkylation sites (N-methyl/N-ethyl adjacent to an activating group) is 2. The Morgan fingerprint density at radius 3 is 2.95 bits per heavy atom. The lowest BCUT2D eigenvalue weighted by atomic mass is 9.86. The van der Waals surface area contributed by atoms with Gasteiger partial charge in [0.1, 0.15) is 5.78 Å². The molecule has 116 valence electrons. The minimum Gasteiger partial charge on any atom is -0.339 e. The van der Waals surface area contributed by atoms with Gasteiger partial charge in [0.15, 0.2) is 5.82 Å². The first-order valence-corrected chi connectivity index (χ1v) is 7.87. The van der Waals surface area contributed by atoms with Crippen LogP contribution in [0.2, 0.25) is 0 Å². The Hall–Kier alpha value is -1.27. The quantitative estimate of drug-likeness (QED) is 0.836. The number of ketones is 1. The zero-order valence-corrected chi connectivity index (χ0v) is 12.9. The molecule has 1 aliphatic heterocycles. The third kappa shape index (κ3) is 3.32. The Labute approximate surface area is 125 Å². The van der Waals surface area contributed by atoms with E-state index >= 15 is 0 Å². The molecule has 3 rings (SSSR count). The van der Waals surface area contributed by atoms with Crippen LogP contribution in [0, 0.1) is 5.92 Å². The molecule has 0 amide bonds. The average Bonchev–Trinajstić information content (AvgIpc) is 2.92. The Morgan fingerprint density at radius 2 is 2.14 bits per heavy atom. The summed E-state index contributed by atoms with van der Waals surface area (Å²) in [6, 6.07) is 0.184. The second-order valence-electron chi connectivity index (χ2n) is 6.42. The number of carbonyl (C=O) groups excluding carboxylic acids is 1. The highest BCUT2D eigenvalue weighted by molar-refractivity contribution is 5.81. The fourth-order valence-electron chi connectivity index (χ4n) is 3.26. The summed E-state index contributed by atoms with van der Waals surface area (Å²) in [6.45, 7) is 2.98. The summed E-state index contributed by atoms with van der Waals surface area (Å²) in [4.78, 5) is 21.0. The summed E-state index contributed by atoms with van der Waals surface area (Å²) < 4.78 is 5.39. The molecule has 1 aliphatic carbocycles. The van der Waals surface area contributed by atoms with Gasteiger partial charge in [0.2, 0.25) is 5.89 Å². The highest BCUT2D eigenvalue weighted by Gasteiger charge is 2.29. The maximum Gasteiger partial charge on any atom is 0.227 e. The summed E-state index contributed by atoms with van der Waals surface area (Å²) in [5, 5.41) is 4.15. The predicted octanol–water partition coefficient (Wildman–Crippen LogP) is 1.29. The smallest absolute Gasteiger partial charge is 0.227 e. The molecule has 6 heteroatoms. The minimum absolute atomic E-state index is 0.0822. The molecule has 2 aliphatic rings. The van der Waals surface area contributed by atoms with Gasteiger partial charge in [-0.1, -0.05) is 11.6 Å². The van der Waals surface area contributed by atoms with Crippen LogP contribution in [0.3, 0.4) is 0 Å². The van der Waals surface area contributed by atoms with Crippen LogP contribution in [-0.4, -0.2) is 59.5 Å². The van der Waals surface area contributed by atoms with Gasteiger partial charge in [-0.25, -0.2) is 0 Å². The summed E-state index contributed by atoms with van der Waals surface area (Å²) in [5.74, 6) is 1.81. The third-order valence-electron chi connectivity index (χ3n) is 4.74. The second kappa shape index (κ2) is 6.23. The SMILES string of the molecule is CN1CCN(C)C(c2noc(CC3CCCCC3=O)n2)C1. The van der Waals surface area contributed by atoms with Gasteiger partial charge < -0.3 is 9.42 Å². The topological polar surface area (TPSA) is 62.5 Å². The van der Waals surface area contributed by atoms with E-state index in [1.165, 1.54) is 0 Å². The van der Waals surface area contributed by atoms with E-state index < -0.39 is 0 Å². The molecule has 0 bridgehead atoms. The minimum atomic E-state index is 0.0822. The van der Waals surface area contributed by atoms with Crippen LogP contribution in [0.1, 0.15) is 43.4 Å². The molecular weight excluding hydrogens is 268 g/mol. The van der Waals surface area contributed by atoms with Gasteiger partial charge in [0.05, 0.1) is 6.04 Å². The first kappa shape index (κ1) is 14.7. The van der Waals surface area contributed by atoms with Crippen molar-refractivity contribution in [2.75, 3.05) is 33.7 Å². The number of nitrogens with zero attached hydrogens (tertiary/aromatic N) is 4. The summed E-state index contributed by atoms with van der Waals surface area (Å²) in [5.41, 5.74) is 0. The number of aromatic nitrogens is 2. The third-order valence-corrected chi connectivity index (χ3v) is 4.74. The van der Waals surface area contributed by atoms with E-state index in [0.29, 0.717) is 24.5 Å².